The molecule has 2 fully saturated rings. The number of piperidine rings is 1. The Morgan fingerprint density at radius 3 is 2.83 bits per heavy atom. The fraction of sp³-hybridized carbons (Fsp3) is 0.889. The van der Waals surface area contributed by atoms with Crippen LogP contribution in [0, 0.1) is 5.92 Å². The fourth-order valence-electron chi connectivity index (χ4n) is 2.33. The molecule has 2 aliphatic rings. The standard InChI is InChI=1S/C9H15NO.ClH/c11-8-5-7-3-1-2-4-9(7)10-6-8;/h7,9-10H,1-6H2;1H. The van der Waals surface area contributed by atoms with E-state index in [0.717, 1.165) is 6.42 Å². The zero-order valence-electron chi connectivity index (χ0n) is 7.21. The molecule has 1 saturated carbocycles. The first-order valence-electron chi connectivity index (χ1n) is 4.61. The Bertz CT molecular complexity index is 172. The van der Waals surface area contributed by atoms with E-state index in [-0.39, 0.29) is 12.4 Å². The van der Waals surface area contributed by atoms with Gasteiger partial charge in [-0.3, -0.25) is 4.79 Å². The van der Waals surface area contributed by atoms with Crippen LogP contribution in [0.15, 0.2) is 0 Å². The van der Waals surface area contributed by atoms with E-state index in [1.807, 2.05) is 0 Å². The summed E-state index contributed by atoms with van der Waals surface area (Å²) in [6.07, 6.45) is 6.08. The monoisotopic (exact) mass is 189 g/mol. The molecule has 0 aromatic carbocycles. The van der Waals surface area contributed by atoms with Crippen molar-refractivity contribution in [2.24, 2.45) is 5.92 Å². The van der Waals surface area contributed by atoms with Gasteiger partial charge in [-0.25, -0.2) is 0 Å². The molecule has 1 aliphatic heterocycles. The van der Waals surface area contributed by atoms with Crippen molar-refractivity contribution in [2.45, 2.75) is 38.1 Å². The van der Waals surface area contributed by atoms with Crippen molar-refractivity contribution in [1.82, 2.24) is 5.32 Å². The van der Waals surface area contributed by atoms with Crippen molar-refractivity contribution in [3.8, 4) is 0 Å². The van der Waals surface area contributed by atoms with Crippen LogP contribution in [0.1, 0.15) is 32.1 Å². The Hall–Kier alpha value is -0.0800. The molecule has 1 heterocycles. The topological polar surface area (TPSA) is 29.1 Å². The van der Waals surface area contributed by atoms with Crippen molar-refractivity contribution in [3.63, 3.8) is 0 Å². The lowest BCUT2D eigenvalue weighted by Crippen LogP contribution is -2.47. The van der Waals surface area contributed by atoms with Gasteiger partial charge >= 0.3 is 0 Å². The van der Waals surface area contributed by atoms with Crippen LogP contribution in [0.4, 0.5) is 0 Å². The number of nitrogens with one attached hydrogen (secondary N) is 1. The van der Waals surface area contributed by atoms with E-state index >= 15 is 0 Å². The predicted molar refractivity (Wildman–Crippen MR) is 50.6 cm³/mol. The molecule has 2 rings (SSSR count). The third kappa shape index (κ3) is 1.99. The van der Waals surface area contributed by atoms with E-state index < -0.39 is 0 Å². The summed E-state index contributed by atoms with van der Waals surface area (Å²) in [5.41, 5.74) is 0. The first-order chi connectivity index (χ1) is 5.36. The molecule has 12 heavy (non-hydrogen) atoms. The Kier molecular flexibility index (Phi) is 3.53. The van der Waals surface area contributed by atoms with Crippen LogP contribution in [-0.2, 0) is 4.79 Å². The lowest BCUT2D eigenvalue weighted by molar-refractivity contribution is -0.121. The van der Waals surface area contributed by atoms with Crippen LogP contribution in [-0.4, -0.2) is 18.4 Å². The van der Waals surface area contributed by atoms with Gasteiger partial charge in [0.25, 0.3) is 0 Å². The van der Waals surface area contributed by atoms with E-state index in [1.54, 1.807) is 0 Å². The highest BCUT2D eigenvalue weighted by molar-refractivity contribution is 5.85. The van der Waals surface area contributed by atoms with E-state index in [0.29, 0.717) is 24.3 Å². The van der Waals surface area contributed by atoms with E-state index in [4.69, 9.17) is 0 Å². The van der Waals surface area contributed by atoms with Gasteiger partial charge in [0, 0.05) is 12.5 Å². The largest absolute Gasteiger partial charge is 0.307 e. The third-order valence-corrected chi connectivity index (χ3v) is 2.96. The van der Waals surface area contributed by atoms with Crippen LogP contribution >= 0.6 is 12.4 Å². The highest BCUT2D eigenvalue weighted by atomic mass is 35.5. The second-order valence-electron chi connectivity index (χ2n) is 3.77. The van der Waals surface area contributed by atoms with Crippen LogP contribution < -0.4 is 5.32 Å². The number of ketones is 1. The summed E-state index contributed by atoms with van der Waals surface area (Å²) in [6, 6.07) is 0.668. The highest BCUT2D eigenvalue weighted by Crippen LogP contribution is 2.29. The number of rotatable bonds is 0. The lowest BCUT2D eigenvalue weighted by atomic mass is 9.79. The fourth-order valence-corrected chi connectivity index (χ4v) is 2.33. The molecule has 1 N–H and O–H groups in total. The van der Waals surface area contributed by atoms with E-state index in [1.165, 1.54) is 25.7 Å². The summed E-state index contributed by atoms with van der Waals surface area (Å²) in [6.45, 7) is 0.626. The molecule has 0 spiro atoms. The second kappa shape index (κ2) is 4.24. The molecule has 0 aromatic heterocycles. The van der Waals surface area contributed by atoms with Crippen molar-refractivity contribution < 1.29 is 4.79 Å². The van der Waals surface area contributed by atoms with Crippen molar-refractivity contribution in [2.75, 3.05) is 6.54 Å². The van der Waals surface area contributed by atoms with Gasteiger partial charge in [0.15, 0.2) is 0 Å². The quantitative estimate of drug-likeness (QED) is 0.626. The number of fused-ring (bicyclic) bond motifs is 1. The molecule has 1 aliphatic carbocycles. The Morgan fingerprint density at radius 1 is 1.25 bits per heavy atom. The third-order valence-electron chi connectivity index (χ3n) is 2.96. The number of hydrogen-bond acceptors (Lipinski definition) is 2. The minimum absolute atomic E-state index is 0. The predicted octanol–water partition coefficient (Wildman–Crippen LogP) is 1.53. The van der Waals surface area contributed by atoms with Gasteiger partial charge in [-0.05, 0) is 18.8 Å². The maximum absolute atomic E-state index is 11.1. The average Bonchev–Trinajstić information content (AvgIpc) is 2.04. The van der Waals surface area contributed by atoms with Gasteiger partial charge in [-0.15, -0.1) is 12.4 Å². The van der Waals surface area contributed by atoms with Crippen LogP contribution in [0.25, 0.3) is 0 Å². The molecule has 0 aromatic rings. The number of hydrogen-bond donors (Lipinski definition) is 1. The summed E-state index contributed by atoms with van der Waals surface area (Å²) >= 11 is 0. The van der Waals surface area contributed by atoms with Gasteiger partial charge in [-0.1, -0.05) is 12.8 Å². The molecule has 2 atom stereocenters. The molecule has 0 bridgehead atoms. The summed E-state index contributed by atoms with van der Waals surface area (Å²) in [7, 11) is 0. The number of carbonyl (C=O) groups excluding carboxylic acids is 1. The first kappa shape index (κ1) is 10.0. The smallest absolute Gasteiger partial charge is 0.146 e. The molecular weight excluding hydrogens is 174 g/mol. The van der Waals surface area contributed by atoms with Crippen molar-refractivity contribution in [3.05, 3.63) is 0 Å². The molecule has 2 unspecified atom stereocenters. The van der Waals surface area contributed by atoms with Crippen molar-refractivity contribution >= 4 is 18.2 Å². The second-order valence-corrected chi connectivity index (χ2v) is 3.77. The molecule has 2 nitrogen and oxygen atoms in total. The van der Waals surface area contributed by atoms with Gasteiger partial charge in [0.05, 0.1) is 6.54 Å². The van der Waals surface area contributed by atoms with E-state index in [9.17, 15) is 4.79 Å². The Labute approximate surface area is 79.5 Å². The highest BCUT2D eigenvalue weighted by Gasteiger charge is 2.30. The van der Waals surface area contributed by atoms with Crippen molar-refractivity contribution in [1.29, 1.82) is 0 Å². The molecule has 3 heteroatoms. The summed E-state index contributed by atoms with van der Waals surface area (Å²) in [5.74, 6) is 1.08. The molecule has 70 valence electrons. The summed E-state index contributed by atoms with van der Waals surface area (Å²) < 4.78 is 0. The minimum Gasteiger partial charge on any atom is -0.307 e. The normalized spacial score (nSPS) is 35.2. The number of Topliss-reactive ketones (excluding diaryl/α,β-unsaturated/α-hetero) is 1. The van der Waals surface area contributed by atoms with Gasteiger partial charge in [-0.2, -0.15) is 0 Å². The zero-order chi connectivity index (χ0) is 7.68. The van der Waals surface area contributed by atoms with Gasteiger partial charge in [0.2, 0.25) is 0 Å². The molecule has 0 amide bonds. The summed E-state index contributed by atoms with van der Waals surface area (Å²) in [5, 5.41) is 3.32. The molecule has 0 radical (unpaired) electrons. The average molecular weight is 190 g/mol. The number of halogens is 1. The molecule has 1 saturated heterocycles. The minimum atomic E-state index is 0. The van der Waals surface area contributed by atoms with Crippen LogP contribution in [0.2, 0.25) is 0 Å². The van der Waals surface area contributed by atoms with Gasteiger partial charge in [0.1, 0.15) is 5.78 Å². The van der Waals surface area contributed by atoms with Crippen LogP contribution in [0.5, 0.6) is 0 Å². The SMILES string of the molecule is Cl.O=C1CNC2CCCCC2C1. The van der Waals surface area contributed by atoms with E-state index in [2.05, 4.69) is 5.32 Å². The maximum Gasteiger partial charge on any atom is 0.146 e. The lowest BCUT2D eigenvalue weighted by Gasteiger charge is -2.35. The summed E-state index contributed by atoms with van der Waals surface area (Å²) in [4.78, 5) is 11.1. The van der Waals surface area contributed by atoms with Gasteiger partial charge < -0.3 is 5.32 Å². The maximum atomic E-state index is 11.1. The molecular formula is C9H16ClNO. The Balaban J connectivity index is 0.000000720. The van der Waals surface area contributed by atoms with Crippen LogP contribution in [0.3, 0.4) is 0 Å². The zero-order valence-corrected chi connectivity index (χ0v) is 8.03. The Morgan fingerprint density at radius 2 is 2.00 bits per heavy atom. The number of carbonyl (C=O) groups is 1. The first-order valence-corrected chi connectivity index (χ1v) is 4.61.